The van der Waals surface area contributed by atoms with Crippen molar-refractivity contribution in [2.75, 3.05) is 0 Å². The van der Waals surface area contributed by atoms with Crippen molar-refractivity contribution in [1.82, 2.24) is 0 Å². The smallest absolute Gasteiger partial charge is 0.182 e. The van der Waals surface area contributed by atoms with Crippen LogP contribution in [0.4, 0.5) is 8.78 Å². The number of allylic oxidation sites excluding steroid dienone is 4. The fraction of sp³-hybridized carbons (Fsp3) is 0.143. The van der Waals surface area contributed by atoms with E-state index in [1.807, 2.05) is 0 Å². The van der Waals surface area contributed by atoms with Gasteiger partial charge in [-0.15, -0.1) is 0 Å². The van der Waals surface area contributed by atoms with Gasteiger partial charge in [0.1, 0.15) is 5.83 Å². The van der Waals surface area contributed by atoms with Gasteiger partial charge in [-0.05, 0) is 18.2 Å². The fourth-order valence-electron chi connectivity index (χ4n) is 0.486. The molecular weight excluding hydrogens is 122 g/mol. The maximum Gasteiger partial charge on any atom is 0.182 e. The highest BCUT2D eigenvalue weighted by molar-refractivity contribution is 5.31. The van der Waals surface area contributed by atoms with Gasteiger partial charge in [-0.25, -0.2) is 8.78 Å². The third kappa shape index (κ3) is 1.69. The number of halogens is 2. The normalized spacial score (nSPS) is 23.8. The summed E-state index contributed by atoms with van der Waals surface area (Å²) in [5.41, 5.74) is 0. The first-order valence-corrected chi connectivity index (χ1v) is 2.48. The van der Waals surface area contributed by atoms with E-state index in [2.05, 4.69) is 11.8 Å². The van der Waals surface area contributed by atoms with Crippen LogP contribution in [0, 0.1) is 11.8 Å². The molecule has 0 heterocycles. The van der Waals surface area contributed by atoms with Crippen LogP contribution in [-0.4, -0.2) is 6.17 Å². The first kappa shape index (κ1) is 6.03. The molecule has 0 bridgehead atoms. The Kier molecular flexibility index (Phi) is 1.64. The molecule has 1 aliphatic rings. The summed E-state index contributed by atoms with van der Waals surface area (Å²) in [4.78, 5) is 0. The van der Waals surface area contributed by atoms with E-state index in [4.69, 9.17) is 0 Å². The first-order chi connectivity index (χ1) is 4.29. The second-order valence-corrected chi connectivity index (χ2v) is 1.58. The number of hydrogen-bond donors (Lipinski definition) is 0. The minimum Gasteiger partial charge on any atom is -0.229 e. The Hall–Kier alpha value is -1.10. The zero-order valence-corrected chi connectivity index (χ0v) is 4.57. The fourth-order valence-corrected chi connectivity index (χ4v) is 0.486. The highest BCUT2D eigenvalue weighted by atomic mass is 19.1. The molecule has 0 aromatic carbocycles. The van der Waals surface area contributed by atoms with E-state index in [9.17, 15) is 8.78 Å². The largest absolute Gasteiger partial charge is 0.229 e. The Labute approximate surface area is 51.9 Å². The van der Waals surface area contributed by atoms with E-state index in [0.717, 1.165) is 12.2 Å². The molecule has 0 saturated carbocycles. The number of alkyl halides is 1. The zero-order valence-electron chi connectivity index (χ0n) is 4.57. The van der Waals surface area contributed by atoms with Gasteiger partial charge in [-0.2, -0.15) is 0 Å². The predicted molar refractivity (Wildman–Crippen MR) is 31.0 cm³/mol. The van der Waals surface area contributed by atoms with Gasteiger partial charge in [0, 0.05) is 0 Å². The van der Waals surface area contributed by atoms with Crippen molar-refractivity contribution >= 4 is 0 Å². The predicted octanol–water partition coefficient (Wildman–Crippen LogP) is 1.75. The molecule has 1 atom stereocenters. The van der Waals surface area contributed by atoms with E-state index in [-0.39, 0.29) is 0 Å². The van der Waals surface area contributed by atoms with Crippen LogP contribution in [0.25, 0.3) is 0 Å². The zero-order chi connectivity index (χ0) is 6.69. The molecule has 9 heavy (non-hydrogen) atoms. The molecule has 0 spiro atoms. The lowest BCUT2D eigenvalue weighted by molar-refractivity contribution is 0.473. The molecule has 1 aliphatic carbocycles. The van der Waals surface area contributed by atoms with Gasteiger partial charge < -0.3 is 0 Å². The van der Waals surface area contributed by atoms with E-state index in [0.29, 0.717) is 0 Å². The SMILES string of the molecule is FC1=CC(F)C#CC=C1. The van der Waals surface area contributed by atoms with Crippen LogP contribution in [0.2, 0.25) is 0 Å². The number of rotatable bonds is 0. The molecular formula is C7H4F2. The lowest BCUT2D eigenvalue weighted by atomic mass is 10.3. The molecule has 0 radical (unpaired) electrons. The number of hydrogen-bond acceptors (Lipinski definition) is 0. The van der Waals surface area contributed by atoms with E-state index >= 15 is 0 Å². The van der Waals surface area contributed by atoms with Crippen molar-refractivity contribution in [3.8, 4) is 11.8 Å². The topological polar surface area (TPSA) is 0 Å². The Morgan fingerprint density at radius 2 is 2.33 bits per heavy atom. The molecule has 0 amide bonds. The van der Waals surface area contributed by atoms with Crippen LogP contribution >= 0.6 is 0 Å². The van der Waals surface area contributed by atoms with Crippen LogP contribution in [0.3, 0.4) is 0 Å². The average Bonchev–Trinajstić information content (AvgIpc) is 1.93. The minimum absolute atomic E-state index is 0.583. The van der Waals surface area contributed by atoms with Gasteiger partial charge in [0.25, 0.3) is 0 Å². The van der Waals surface area contributed by atoms with Gasteiger partial charge in [0.2, 0.25) is 0 Å². The van der Waals surface area contributed by atoms with Gasteiger partial charge in [0.05, 0.1) is 0 Å². The van der Waals surface area contributed by atoms with Crippen LogP contribution in [0.1, 0.15) is 0 Å². The van der Waals surface area contributed by atoms with Crippen molar-refractivity contribution < 1.29 is 8.78 Å². The van der Waals surface area contributed by atoms with Crippen molar-refractivity contribution in [3.63, 3.8) is 0 Å². The van der Waals surface area contributed by atoms with Crippen molar-refractivity contribution in [1.29, 1.82) is 0 Å². The average molecular weight is 126 g/mol. The van der Waals surface area contributed by atoms with Gasteiger partial charge >= 0.3 is 0 Å². The summed E-state index contributed by atoms with van der Waals surface area (Å²) in [6.07, 6.45) is 1.79. The summed E-state index contributed by atoms with van der Waals surface area (Å²) in [6.45, 7) is 0. The second kappa shape index (κ2) is 2.45. The Bertz CT molecular complexity index is 215. The lowest BCUT2D eigenvalue weighted by Gasteiger charge is -1.86. The molecule has 0 nitrogen and oxygen atoms in total. The van der Waals surface area contributed by atoms with Crippen molar-refractivity contribution in [2.24, 2.45) is 0 Å². The Morgan fingerprint density at radius 3 is 3.11 bits per heavy atom. The van der Waals surface area contributed by atoms with E-state index < -0.39 is 12.0 Å². The maximum absolute atomic E-state index is 12.2. The summed E-state index contributed by atoms with van der Waals surface area (Å²) in [7, 11) is 0. The Morgan fingerprint density at radius 1 is 1.56 bits per heavy atom. The summed E-state index contributed by atoms with van der Waals surface area (Å²) >= 11 is 0. The third-order valence-corrected chi connectivity index (χ3v) is 0.853. The van der Waals surface area contributed by atoms with E-state index in [1.54, 1.807) is 0 Å². The summed E-state index contributed by atoms with van der Waals surface area (Å²) < 4.78 is 24.3. The molecule has 2 heteroatoms. The van der Waals surface area contributed by atoms with Crippen molar-refractivity contribution in [3.05, 3.63) is 24.1 Å². The monoisotopic (exact) mass is 126 g/mol. The molecule has 0 N–H and O–H groups in total. The van der Waals surface area contributed by atoms with Gasteiger partial charge in [-0.1, -0.05) is 11.8 Å². The van der Waals surface area contributed by atoms with Crippen LogP contribution in [0.15, 0.2) is 24.1 Å². The highest BCUT2D eigenvalue weighted by Gasteiger charge is 1.99. The molecule has 46 valence electrons. The molecule has 1 unspecified atom stereocenters. The van der Waals surface area contributed by atoms with Gasteiger partial charge in [-0.3, -0.25) is 0 Å². The van der Waals surface area contributed by atoms with E-state index in [1.165, 1.54) is 6.08 Å². The molecule has 0 aliphatic heterocycles. The maximum atomic E-state index is 12.2. The van der Waals surface area contributed by atoms with Gasteiger partial charge in [0.15, 0.2) is 6.17 Å². The quantitative estimate of drug-likeness (QED) is 0.434. The summed E-state index contributed by atoms with van der Waals surface area (Å²) in [5.74, 6) is 3.90. The molecule has 0 saturated heterocycles. The minimum atomic E-state index is -1.46. The lowest BCUT2D eigenvalue weighted by Crippen LogP contribution is -1.87. The third-order valence-electron chi connectivity index (χ3n) is 0.853. The molecule has 0 aromatic rings. The van der Waals surface area contributed by atoms with Crippen molar-refractivity contribution in [2.45, 2.75) is 6.17 Å². The highest BCUT2D eigenvalue weighted by Crippen LogP contribution is 2.04. The van der Waals surface area contributed by atoms with Crippen LogP contribution in [-0.2, 0) is 0 Å². The first-order valence-electron chi connectivity index (χ1n) is 2.48. The van der Waals surface area contributed by atoms with Crippen LogP contribution < -0.4 is 0 Å². The molecule has 0 aromatic heterocycles. The summed E-state index contributed by atoms with van der Waals surface area (Å²) in [6, 6.07) is 0. The molecule has 1 rings (SSSR count). The Balaban J connectivity index is 2.83. The standard InChI is InChI=1S/C7H4F2/c8-6-3-1-2-4-7(9)5-6/h1,3,5,7H. The second-order valence-electron chi connectivity index (χ2n) is 1.58. The summed E-state index contributed by atoms with van der Waals surface area (Å²) in [5, 5.41) is 0. The van der Waals surface area contributed by atoms with Crippen LogP contribution in [0.5, 0.6) is 0 Å². The molecule has 0 fully saturated rings.